The summed E-state index contributed by atoms with van der Waals surface area (Å²) in [4.78, 5) is 15.2. The average molecular weight is 295 g/mol. The second-order valence-electron chi connectivity index (χ2n) is 5.34. The summed E-state index contributed by atoms with van der Waals surface area (Å²) in [6.07, 6.45) is 2.57. The van der Waals surface area contributed by atoms with Crippen LogP contribution in [0.4, 0.5) is 0 Å². The molecule has 0 saturated heterocycles. The first-order valence-corrected chi connectivity index (χ1v) is 7.14. The van der Waals surface area contributed by atoms with Gasteiger partial charge in [-0.25, -0.2) is 14.5 Å². The number of nitrogens with one attached hydrogen (secondary N) is 1. The van der Waals surface area contributed by atoms with Crippen molar-refractivity contribution in [3.8, 4) is 0 Å². The van der Waals surface area contributed by atoms with Crippen molar-refractivity contribution in [2.24, 2.45) is 0 Å². The summed E-state index contributed by atoms with van der Waals surface area (Å²) in [6, 6.07) is 15.4. The van der Waals surface area contributed by atoms with E-state index in [4.69, 9.17) is 5.11 Å². The molecule has 1 unspecified atom stereocenters. The van der Waals surface area contributed by atoms with Crippen LogP contribution >= 0.6 is 0 Å². The van der Waals surface area contributed by atoms with Crippen molar-refractivity contribution in [3.63, 3.8) is 0 Å². The Kier molecular flexibility index (Phi) is 3.78. The Labute approximate surface area is 128 Å². The molecule has 1 aromatic heterocycles. The highest BCUT2D eigenvalue weighted by Crippen LogP contribution is 2.15. The number of carboxylic acids is 1. The third-order valence-corrected chi connectivity index (χ3v) is 3.54. The summed E-state index contributed by atoms with van der Waals surface area (Å²) in [5.41, 5.74) is 6.41. The van der Waals surface area contributed by atoms with Crippen molar-refractivity contribution in [2.75, 3.05) is 5.43 Å². The molecule has 1 heterocycles. The Morgan fingerprint density at radius 2 is 2.05 bits per heavy atom. The molecule has 0 aliphatic rings. The second-order valence-corrected chi connectivity index (χ2v) is 5.34. The highest BCUT2D eigenvalue weighted by Gasteiger charge is 2.09. The molecule has 5 nitrogen and oxygen atoms in total. The Bertz CT molecular complexity index is 796. The summed E-state index contributed by atoms with van der Waals surface area (Å²) in [5.74, 6) is -0.943. The molecular weight excluding hydrogens is 278 g/mol. The molecular formula is C17H17N3O2. The summed E-state index contributed by atoms with van der Waals surface area (Å²) < 4.78 is 1.84. The number of aromatic nitrogens is 2. The number of fused-ring (bicyclic) bond motifs is 1. The van der Waals surface area contributed by atoms with Crippen molar-refractivity contribution in [1.29, 1.82) is 0 Å². The van der Waals surface area contributed by atoms with Gasteiger partial charge in [-0.2, -0.15) is 0 Å². The minimum absolute atomic E-state index is 0.221. The fourth-order valence-corrected chi connectivity index (χ4v) is 2.50. The van der Waals surface area contributed by atoms with Crippen LogP contribution < -0.4 is 5.43 Å². The van der Waals surface area contributed by atoms with Crippen LogP contribution in [-0.4, -0.2) is 26.8 Å². The van der Waals surface area contributed by atoms with Crippen LogP contribution in [0, 0.1) is 0 Å². The first-order chi connectivity index (χ1) is 10.6. The molecule has 1 atom stereocenters. The maximum absolute atomic E-state index is 11.0. The zero-order valence-corrected chi connectivity index (χ0v) is 12.2. The first-order valence-electron chi connectivity index (χ1n) is 7.14. The number of rotatable bonds is 5. The van der Waals surface area contributed by atoms with Gasteiger partial charge in [0.05, 0.1) is 16.6 Å². The molecule has 2 N–H and O–H groups in total. The summed E-state index contributed by atoms with van der Waals surface area (Å²) in [7, 11) is 0. The number of benzene rings is 2. The quantitative estimate of drug-likeness (QED) is 0.759. The Hall–Kier alpha value is -2.82. The van der Waals surface area contributed by atoms with E-state index in [0.29, 0.717) is 5.52 Å². The van der Waals surface area contributed by atoms with Crippen LogP contribution in [0.15, 0.2) is 54.9 Å². The molecule has 0 bridgehead atoms. The third kappa shape index (κ3) is 2.93. The number of carbonyl (C=O) groups is 1. The molecule has 0 aliphatic carbocycles. The van der Waals surface area contributed by atoms with E-state index in [2.05, 4.69) is 29.5 Å². The number of nitrogens with zero attached hydrogens (tertiary/aromatic N) is 2. The maximum atomic E-state index is 11.0. The highest BCUT2D eigenvalue weighted by molar-refractivity contribution is 5.92. The fourth-order valence-electron chi connectivity index (χ4n) is 2.50. The second kappa shape index (κ2) is 5.89. The third-order valence-electron chi connectivity index (χ3n) is 3.54. The normalized spacial score (nSPS) is 12.2. The van der Waals surface area contributed by atoms with Crippen LogP contribution in [0.3, 0.4) is 0 Å². The van der Waals surface area contributed by atoms with E-state index < -0.39 is 5.97 Å². The van der Waals surface area contributed by atoms with Gasteiger partial charge in [-0.3, -0.25) is 0 Å². The molecule has 5 heteroatoms. The van der Waals surface area contributed by atoms with E-state index in [0.717, 1.165) is 11.9 Å². The number of hydrogen-bond acceptors (Lipinski definition) is 3. The average Bonchev–Trinajstić information content (AvgIpc) is 2.90. The zero-order valence-electron chi connectivity index (χ0n) is 12.2. The lowest BCUT2D eigenvalue weighted by Crippen LogP contribution is -2.26. The molecule has 0 fully saturated rings. The van der Waals surface area contributed by atoms with Crippen LogP contribution in [0.1, 0.15) is 22.8 Å². The van der Waals surface area contributed by atoms with Crippen LogP contribution in [0.25, 0.3) is 11.0 Å². The van der Waals surface area contributed by atoms with Gasteiger partial charge in [0.1, 0.15) is 6.33 Å². The van der Waals surface area contributed by atoms with E-state index in [1.807, 2.05) is 22.9 Å². The minimum atomic E-state index is -0.943. The molecule has 22 heavy (non-hydrogen) atoms. The molecule has 3 aromatic rings. The predicted molar refractivity (Wildman–Crippen MR) is 85.7 cm³/mol. The van der Waals surface area contributed by atoms with Gasteiger partial charge in [0.15, 0.2) is 0 Å². The van der Waals surface area contributed by atoms with E-state index in [1.165, 1.54) is 5.56 Å². The SMILES string of the molecule is CC(Cc1ccccc1)Nn1cnc2cc(C(=O)O)ccc21. The zero-order chi connectivity index (χ0) is 15.5. The monoisotopic (exact) mass is 295 g/mol. The Morgan fingerprint density at radius 1 is 1.27 bits per heavy atom. The van der Waals surface area contributed by atoms with E-state index >= 15 is 0 Å². The summed E-state index contributed by atoms with van der Waals surface area (Å²) in [5, 5.41) is 9.01. The lowest BCUT2D eigenvalue weighted by atomic mass is 10.1. The van der Waals surface area contributed by atoms with Crippen molar-refractivity contribution < 1.29 is 9.90 Å². The molecule has 2 aromatic carbocycles. The molecule has 0 aliphatic heterocycles. The standard InChI is InChI=1S/C17H17N3O2/c1-12(9-13-5-3-2-4-6-13)19-20-11-18-15-10-14(17(21)22)7-8-16(15)20/h2-8,10-12,19H,9H2,1H3,(H,21,22). The van der Waals surface area contributed by atoms with Gasteiger partial charge >= 0.3 is 5.97 Å². The molecule has 0 spiro atoms. The van der Waals surface area contributed by atoms with Crippen molar-refractivity contribution in [2.45, 2.75) is 19.4 Å². The van der Waals surface area contributed by atoms with E-state index in [-0.39, 0.29) is 11.6 Å². The number of carboxylic acid groups (broad SMARTS) is 1. The van der Waals surface area contributed by atoms with Crippen LogP contribution in [0.2, 0.25) is 0 Å². The number of aromatic carboxylic acids is 1. The molecule has 3 rings (SSSR count). The predicted octanol–water partition coefficient (Wildman–Crippen LogP) is 2.91. The van der Waals surface area contributed by atoms with Crippen molar-refractivity contribution in [3.05, 3.63) is 66.0 Å². The van der Waals surface area contributed by atoms with Crippen molar-refractivity contribution in [1.82, 2.24) is 9.66 Å². The first kappa shape index (κ1) is 14.1. The van der Waals surface area contributed by atoms with E-state index in [9.17, 15) is 4.79 Å². The largest absolute Gasteiger partial charge is 0.478 e. The smallest absolute Gasteiger partial charge is 0.335 e. The van der Waals surface area contributed by atoms with Gasteiger partial charge in [-0.1, -0.05) is 30.3 Å². The van der Waals surface area contributed by atoms with Gasteiger partial charge < -0.3 is 10.5 Å². The molecule has 0 amide bonds. The molecule has 112 valence electrons. The number of hydrogen-bond donors (Lipinski definition) is 2. The van der Waals surface area contributed by atoms with Crippen LogP contribution in [0.5, 0.6) is 0 Å². The van der Waals surface area contributed by atoms with Crippen LogP contribution in [-0.2, 0) is 6.42 Å². The van der Waals surface area contributed by atoms with Gasteiger partial charge in [0, 0.05) is 6.04 Å². The lowest BCUT2D eigenvalue weighted by Gasteiger charge is -2.16. The summed E-state index contributed by atoms with van der Waals surface area (Å²) >= 11 is 0. The minimum Gasteiger partial charge on any atom is -0.478 e. The van der Waals surface area contributed by atoms with Gasteiger partial charge in [-0.05, 0) is 37.1 Å². The topological polar surface area (TPSA) is 67.2 Å². The molecule has 0 saturated carbocycles. The maximum Gasteiger partial charge on any atom is 0.335 e. The van der Waals surface area contributed by atoms with Gasteiger partial charge in [0.25, 0.3) is 0 Å². The molecule has 0 radical (unpaired) electrons. The fraction of sp³-hybridized carbons (Fsp3) is 0.176. The lowest BCUT2D eigenvalue weighted by molar-refractivity contribution is 0.0697. The van der Waals surface area contributed by atoms with Gasteiger partial charge in [0.2, 0.25) is 0 Å². The summed E-state index contributed by atoms with van der Waals surface area (Å²) in [6.45, 7) is 2.10. The van der Waals surface area contributed by atoms with Crippen molar-refractivity contribution >= 4 is 17.0 Å². The number of imidazole rings is 1. The Balaban J connectivity index is 1.77. The van der Waals surface area contributed by atoms with Gasteiger partial charge in [-0.15, -0.1) is 0 Å². The highest BCUT2D eigenvalue weighted by atomic mass is 16.4. The van der Waals surface area contributed by atoms with E-state index in [1.54, 1.807) is 24.5 Å². The Morgan fingerprint density at radius 3 is 2.77 bits per heavy atom.